The normalized spacial score (nSPS) is 10.1. The molecule has 0 aliphatic heterocycles. The minimum Gasteiger partial charge on any atom is -0.495 e. The van der Waals surface area contributed by atoms with Crippen molar-refractivity contribution < 1.29 is 13.9 Å². The van der Waals surface area contributed by atoms with E-state index in [0.29, 0.717) is 22.2 Å². The van der Waals surface area contributed by atoms with Crippen LogP contribution in [-0.2, 0) is 11.2 Å². The lowest BCUT2D eigenvalue weighted by molar-refractivity contribution is -0.115. The number of methoxy groups -OCH3 is 1. The Hall–Kier alpha value is -1.94. The van der Waals surface area contributed by atoms with Gasteiger partial charge in [-0.3, -0.25) is 4.79 Å². The Balaban J connectivity index is 2.08. The maximum atomic E-state index is 11.8. The summed E-state index contributed by atoms with van der Waals surface area (Å²) in [6, 6.07) is 8.52. The Kier molecular flexibility index (Phi) is 3.89. The Morgan fingerprint density at radius 1 is 1.44 bits per heavy atom. The summed E-state index contributed by atoms with van der Waals surface area (Å²) < 4.78 is 10.2. The molecule has 0 saturated heterocycles. The van der Waals surface area contributed by atoms with Crippen LogP contribution in [-0.4, -0.2) is 13.0 Å². The molecular weight excluding hydrogens is 254 g/mol. The van der Waals surface area contributed by atoms with Crippen LogP contribution in [0.1, 0.15) is 5.76 Å². The number of anilines is 1. The van der Waals surface area contributed by atoms with Crippen molar-refractivity contribution in [1.82, 2.24) is 0 Å². The lowest BCUT2D eigenvalue weighted by atomic mass is 10.2. The monoisotopic (exact) mass is 265 g/mol. The van der Waals surface area contributed by atoms with Crippen LogP contribution >= 0.6 is 11.6 Å². The molecule has 0 saturated carbocycles. The van der Waals surface area contributed by atoms with Gasteiger partial charge < -0.3 is 14.5 Å². The highest BCUT2D eigenvalue weighted by Crippen LogP contribution is 2.27. The molecule has 0 unspecified atom stereocenters. The van der Waals surface area contributed by atoms with Gasteiger partial charge in [-0.15, -0.1) is 0 Å². The molecule has 2 aromatic rings. The molecule has 1 aromatic carbocycles. The van der Waals surface area contributed by atoms with E-state index >= 15 is 0 Å². The molecule has 0 bridgehead atoms. The largest absolute Gasteiger partial charge is 0.495 e. The molecule has 18 heavy (non-hydrogen) atoms. The fraction of sp³-hybridized carbons (Fsp3) is 0.154. The van der Waals surface area contributed by atoms with Crippen LogP contribution in [0.5, 0.6) is 5.75 Å². The first-order chi connectivity index (χ1) is 8.69. The summed E-state index contributed by atoms with van der Waals surface area (Å²) in [5, 5.41) is 3.26. The van der Waals surface area contributed by atoms with E-state index in [4.69, 9.17) is 20.8 Å². The second-order valence-corrected chi connectivity index (χ2v) is 4.09. The molecule has 0 atom stereocenters. The third kappa shape index (κ3) is 3.05. The summed E-state index contributed by atoms with van der Waals surface area (Å²) in [6.07, 6.45) is 1.70. The number of ether oxygens (including phenoxy) is 1. The van der Waals surface area contributed by atoms with Crippen LogP contribution in [0.3, 0.4) is 0 Å². The smallest absolute Gasteiger partial charge is 0.232 e. The molecule has 0 spiro atoms. The molecule has 4 nitrogen and oxygen atoms in total. The number of hydrogen-bond donors (Lipinski definition) is 1. The van der Waals surface area contributed by atoms with Crippen molar-refractivity contribution >= 4 is 23.2 Å². The Morgan fingerprint density at radius 2 is 2.28 bits per heavy atom. The highest BCUT2D eigenvalue weighted by atomic mass is 35.5. The lowest BCUT2D eigenvalue weighted by Crippen LogP contribution is -2.14. The van der Waals surface area contributed by atoms with Gasteiger partial charge in [0.1, 0.15) is 11.5 Å². The minimum absolute atomic E-state index is 0.169. The number of amides is 1. The first kappa shape index (κ1) is 12.5. The number of carbonyl (C=O) groups is 1. The summed E-state index contributed by atoms with van der Waals surface area (Å²) in [5.41, 5.74) is 0.543. The molecular formula is C13H12ClNO3. The van der Waals surface area contributed by atoms with E-state index in [9.17, 15) is 4.79 Å². The fourth-order valence-corrected chi connectivity index (χ4v) is 1.72. The van der Waals surface area contributed by atoms with Crippen LogP contribution in [0, 0.1) is 0 Å². The molecule has 1 aromatic heterocycles. The van der Waals surface area contributed by atoms with E-state index in [2.05, 4.69) is 5.32 Å². The third-order valence-electron chi connectivity index (χ3n) is 2.35. The summed E-state index contributed by atoms with van der Waals surface area (Å²) in [6.45, 7) is 0. The van der Waals surface area contributed by atoms with Gasteiger partial charge >= 0.3 is 0 Å². The zero-order valence-corrected chi connectivity index (χ0v) is 10.5. The van der Waals surface area contributed by atoms with Crippen molar-refractivity contribution in [2.75, 3.05) is 12.4 Å². The number of halogens is 1. The number of nitrogens with one attached hydrogen (secondary N) is 1. The van der Waals surface area contributed by atoms with Crippen molar-refractivity contribution in [3.05, 3.63) is 47.4 Å². The standard InChI is InChI=1S/C13H12ClNO3/c1-17-12-5-4-9(14)7-11(12)15-13(16)8-10-3-2-6-18-10/h2-7H,8H2,1H3,(H,15,16). The van der Waals surface area contributed by atoms with E-state index in [0.717, 1.165) is 0 Å². The van der Waals surface area contributed by atoms with Crippen molar-refractivity contribution in [3.63, 3.8) is 0 Å². The molecule has 0 radical (unpaired) electrons. The Bertz CT molecular complexity index is 537. The van der Waals surface area contributed by atoms with Gasteiger partial charge in [-0.05, 0) is 30.3 Å². The zero-order valence-electron chi connectivity index (χ0n) is 9.77. The number of hydrogen-bond acceptors (Lipinski definition) is 3. The van der Waals surface area contributed by atoms with Crippen molar-refractivity contribution in [1.29, 1.82) is 0 Å². The van der Waals surface area contributed by atoms with Crippen LogP contribution in [0.2, 0.25) is 5.02 Å². The molecule has 1 amide bonds. The Labute approximate surface area is 110 Å². The van der Waals surface area contributed by atoms with Crippen LogP contribution in [0.15, 0.2) is 41.0 Å². The maximum absolute atomic E-state index is 11.8. The first-order valence-corrected chi connectivity index (χ1v) is 5.72. The van der Waals surface area contributed by atoms with Gasteiger partial charge in [0.25, 0.3) is 0 Å². The molecule has 94 valence electrons. The highest BCUT2D eigenvalue weighted by molar-refractivity contribution is 6.31. The average Bonchev–Trinajstić information content (AvgIpc) is 2.82. The van der Waals surface area contributed by atoms with Gasteiger partial charge in [0.15, 0.2) is 0 Å². The van der Waals surface area contributed by atoms with E-state index in [1.165, 1.54) is 13.4 Å². The summed E-state index contributed by atoms with van der Waals surface area (Å²) >= 11 is 5.87. The zero-order chi connectivity index (χ0) is 13.0. The number of benzene rings is 1. The molecule has 1 N–H and O–H groups in total. The lowest BCUT2D eigenvalue weighted by Gasteiger charge is -2.09. The highest BCUT2D eigenvalue weighted by Gasteiger charge is 2.10. The van der Waals surface area contributed by atoms with Gasteiger partial charge in [0.05, 0.1) is 25.5 Å². The first-order valence-electron chi connectivity index (χ1n) is 5.35. The van der Waals surface area contributed by atoms with E-state index in [1.54, 1.807) is 30.3 Å². The average molecular weight is 266 g/mol. The fourth-order valence-electron chi connectivity index (χ4n) is 1.54. The second-order valence-electron chi connectivity index (χ2n) is 3.65. The summed E-state index contributed by atoms with van der Waals surface area (Å²) in [4.78, 5) is 11.8. The van der Waals surface area contributed by atoms with Gasteiger partial charge in [0, 0.05) is 5.02 Å². The predicted octanol–water partition coefficient (Wildman–Crippen LogP) is 3.12. The van der Waals surface area contributed by atoms with Crippen LogP contribution in [0.4, 0.5) is 5.69 Å². The maximum Gasteiger partial charge on any atom is 0.232 e. The Morgan fingerprint density at radius 3 is 2.94 bits per heavy atom. The van der Waals surface area contributed by atoms with Crippen LogP contribution in [0.25, 0.3) is 0 Å². The van der Waals surface area contributed by atoms with Gasteiger partial charge in [-0.2, -0.15) is 0 Å². The minimum atomic E-state index is -0.189. The molecule has 1 heterocycles. The topological polar surface area (TPSA) is 51.5 Å². The summed E-state index contributed by atoms with van der Waals surface area (Å²) in [5.74, 6) is 0.978. The summed E-state index contributed by atoms with van der Waals surface area (Å²) in [7, 11) is 1.53. The number of furan rings is 1. The van der Waals surface area contributed by atoms with Gasteiger partial charge in [-0.25, -0.2) is 0 Å². The second kappa shape index (κ2) is 5.60. The molecule has 0 fully saturated rings. The number of carbonyl (C=O) groups excluding carboxylic acids is 1. The van der Waals surface area contributed by atoms with E-state index in [1.807, 2.05) is 0 Å². The quantitative estimate of drug-likeness (QED) is 0.924. The van der Waals surface area contributed by atoms with E-state index in [-0.39, 0.29) is 12.3 Å². The molecule has 0 aliphatic rings. The van der Waals surface area contributed by atoms with Crippen LogP contribution < -0.4 is 10.1 Å². The van der Waals surface area contributed by atoms with E-state index < -0.39 is 0 Å². The molecule has 2 rings (SSSR count). The van der Waals surface area contributed by atoms with Gasteiger partial charge in [0.2, 0.25) is 5.91 Å². The van der Waals surface area contributed by atoms with Crippen molar-refractivity contribution in [3.8, 4) is 5.75 Å². The third-order valence-corrected chi connectivity index (χ3v) is 2.59. The van der Waals surface area contributed by atoms with Crippen molar-refractivity contribution in [2.24, 2.45) is 0 Å². The SMILES string of the molecule is COc1ccc(Cl)cc1NC(=O)Cc1ccco1. The molecule has 5 heteroatoms. The predicted molar refractivity (Wildman–Crippen MR) is 69.0 cm³/mol. The molecule has 0 aliphatic carbocycles. The van der Waals surface area contributed by atoms with Gasteiger partial charge in [-0.1, -0.05) is 11.6 Å². The number of rotatable bonds is 4. The van der Waals surface area contributed by atoms with Crippen molar-refractivity contribution in [2.45, 2.75) is 6.42 Å².